The van der Waals surface area contributed by atoms with Gasteiger partial charge < -0.3 is 19.5 Å². The number of nitrogens with zero attached hydrogens (tertiary/aromatic N) is 3. The molecule has 1 aliphatic heterocycles. The number of furan rings is 1. The van der Waals surface area contributed by atoms with E-state index in [9.17, 15) is 9.59 Å². The van der Waals surface area contributed by atoms with E-state index in [1.165, 1.54) is 17.7 Å². The third-order valence-corrected chi connectivity index (χ3v) is 5.72. The van der Waals surface area contributed by atoms with Crippen LogP contribution in [0.15, 0.2) is 63.8 Å². The number of carbonyl (C=O) groups excluding carboxylic acids is 2. The van der Waals surface area contributed by atoms with Gasteiger partial charge in [-0.05, 0) is 70.7 Å². The lowest BCUT2D eigenvalue weighted by atomic mass is 10.1. The second-order valence-corrected chi connectivity index (χ2v) is 8.17. The van der Waals surface area contributed by atoms with Crippen molar-refractivity contribution in [3.8, 4) is 0 Å². The second kappa shape index (κ2) is 9.34. The van der Waals surface area contributed by atoms with Gasteiger partial charge in [0.05, 0.1) is 11.3 Å². The topological polar surface area (TPSA) is 78.7 Å². The zero-order valence-electron chi connectivity index (χ0n) is 17.2. The summed E-state index contributed by atoms with van der Waals surface area (Å²) < 4.78 is 5.84. The number of aromatic nitrogens is 1. The molecule has 8 heteroatoms. The summed E-state index contributed by atoms with van der Waals surface area (Å²) in [6, 6.07) is 14.2. The van der Waals surface area contributed by atoms with Gasteiger partial charge in [0.2, 0.25) is 0 Å². The SMILES string of the molecule is CN(C(=O)c1ccc(Br)o1)c1ccccc1C(=O)NCc1ccnc(N2CCCC2)c1. The molecule has 1 fully saturated rings. The van der Waals surface area contributed by atoms with E-state index in [1.54, 1.807) is 49.6 Å². The average molecular weight is 483 g/mol. The number of pyridine rings is 1. The maximum Gasteiger partial charge on any atom is 0.293 e. The van der Waals surface area contributed by atoms with E-state index in [1.807, 2.05) is 12.1 Å². The smallest absolute Gasteiger partial charge is 0.293 e. The summed E-state index contributed by atoms with van der Waals surface area (Å²) in [5, 5.41) is 2.96. The Hall–Kier alpha value is -3.13. The van der Waals surface area contributed by atoms with Gasteiger partial charge in [-0.2, -0.15) is 0 Å². The largest absolute Gasteiger partial charge is 0.444 e. The van der Waals surface area contributed by atoms with Crippen molar-refractivity contribution in [2.24, 2.45) is 0 Å². The zero-order valence-corrected chi connectivity index (χ0v) is 18.8. The molecule has 4 rings (SSSR count). The van der Waals surface area contributed by atoms with Crippen LogP contribution in [0.2, 0.25) is 0 Å². The molecule has 0 aliphatic carbocycles. The summed E-state index contributed by atoms with van der Waals surface area (Å²) in [5.41, 5.74) is 1.90. The van der Waals surface area contributed by atoms with Crippen molar-refractivity contribution in [1.29, 1.82) is 0 Å². The van der Waals surface area contributed by atoms with E-state index >= 15 is 0 Å². The molecule has 3 heterocycles. The molecule has 1 saturated heterocycles. The Morgan fingerprint density at radius 2 is 1.94 bits per heavy atom. The highest BCUT2D eigenvalue weighted by Gasteiger charge is 2.22. The van der Waals surface area contributed by atoms with E-state index in [2.05, 4.69) is 31.1 Å². The monoisotopic (exact) mass is 482 g/mol. The van der Waals surface area contributed by atoms with E-state index in [4.69, 9.17) is 4.42 Å². The number of para-hydroxylation sites is 1. The molecule has 0 bridgehead atoms. The molecule has 0 saturated carbocycles. The Bertz CT molecular complexity index is 1090. The molecule has 0 atom stereocenters. The number of hydrogen-bond acceptors (Lipinski definition) is 5. The number of hydrogen-bond donors (Lipinski definition) is 1. The molecule has 0 spiro atoms. The lowest BCUT2D eigenvalue weighted by molar-refractivity contribution is 0.0951. The molecule has 1 N–H and O–H groups in total. The van der Waals surface area contributed by atoms with Gasteiger partial charge in [-0.3, -0.25) is 9.59 Å². The standard InChI is InChI=1S/C23H23BrN4O3/c1-27(23(30)19-8-9-20(24)31-19)18-7-3-2-6-17(18)22(29)26-15-16-10-11-25-21(14-16)28-12-4-5-13-28/h2-3,6-11,14H,4-5,12-13,15H2,1H3,(H,26,29). The first-order chi connectivity index (χ1) is 15.0. The Kier molecular flexibility index (Phi) is 6.36. The first kappa shape index (κ1) is 21.1. The van der Waals surface area contributed by atoms with Crippen LogP contribution in [-0.2, 0) is 6.54 Å². The number of benzene rings is 1. The summed E-state index contributed by atoms with van der Waals surface area (Å²) in [7, 11) is 1.62. The van der Waals surface area contributed by atoms with Crippen molar-refractivity contribution < 1.29 is 14.0 Å². The molecule has 2 amide bonds. The molecule has 3 aromatic rings. The summed E-state index contributed by atoms with van der Waals surface area (Å²) in [6.45, 7) is 2.41. The molecule has 1 aromatic carbocycles. The van der Waals surface area contributed by atoms with E-state index in [0.29, 0.717) is 22.5 Å². The molecule has 160 valence electrons. The minimum absolute atomic E-state index is 0.191. The van der Waals surface area contributed by atoms with Crippen LogP contribution in [0.25, 0.3) is 0 Å². The van der Waals surface area contributed by atoms with Gasteiger partial charge in [0.1, 0.15) is 5.82 Å². The Morgan fingerprint density at radius 1 is 1.16 bits per heavy atom. The predicted octanol–water partition coefficient (Wildman–Crippen LogP) is 4.24. The van der Waals surface area contributed by atoms with Gasteiger partial charge in [0.15, 0.2) is 10.4 Å². The van der Waals surface area contributed by atoms with Gasteiger partial charge in [-0.15, -0.1) is 0 Å². The zero-order chi connectivity index (χ0) is 21.8. The van der Waals surface area contributed by atoms with Crippen LogP contribution in [-0.4, -0.2) is 36.9 Å². The molecule has 2 aromatic heterocycles. The fourth-order valence-corrected chi connectivity index (χ4v) is 3.94. The van der Waals surface area contributed by atoms with Crippen molar-refractivity contribution >= 4 is 39.2 Å². The number of carbonyl (C=O) groups is 2. The van der Waals surface area contributed by atoms with Gasteiger partial charge in [0.25, 0.3) is 11.8 Å². The normalized spacial score (nSPS) is 13.3. The molecular weight excluding hydrogens is 460 g/mol. The van der Waals surface area contributed by atoms with Crippen molar-refractivity contribution in [2.75, 3.05) is 29.9 Å². The number of nitrogens with one attached hydrogen (secondary N) is 1. The molecule has 0 radical (unpaired) electrons. The highest BCUT2D eigenvalue weighted by Crippen LogP contribution is 2.23. The molecule has 7 nitrogen and oxygen atoms in total. The van der Waals surface area contributed by atoms with Crippen molar-refractivity contribution in [3.05, 3.63) is 76.3 Å². The highest BCUT2D eigenvalue weighted by molar-refractivity contribution is 9.10. The second-order valence-electron chi connectivity index (χ2n) is 7.38. The number of rotatable bonds is 6. The maximum absolute atomic E-state index is 12.9. The minimum Gasteiger partial charge on any atom is -0.444 e. The van der Waals surface area contributed by atoms with Crippen LogP contribution in [0.3, 0.4) is 0 Å². The van der Waals surface area contributed by atoms with Gasteiger partial charge in [-0.25, -0.2) is 4.98 Å². The van der Waals surface area contributed by atoms with Crippen molar-refractivity contribution in [2.45, 2.75) is 19.4 Å². The Morgan fingerprint density at radius 3 is 2.68 bits per heavy atom. The molecular formula is C23H23BrN4O3. The van der Waals surface area contributed by atoms with Crippen LogP contribution in [0, 0.1) is 0 Å². The van der Waals surface area contributed by atoms with Crippen molar-refractivity contribution in [1.82, 2.24) is 10.3 Å². The van der Waals surface area contributed by atoms with Gasteiger partial charge in [-0.1, -0.05) is 12.1 Å². The Labute approximate surface area is 189 Å². The lowest BCUT2D eigenvalue weighted by Gasteiger charge is -2.20. The van der Waals surface area contributed by atoms with Crippen LogP contribution in [0.5, 0.6) is 0 Å². The van der Waals surface area contributed by atoms with E-state index in [-0.39, 0.29) is 17.6 Å². The predicted molar refractivity (Wildman–Crippen MR) is 122 cm³/mol. The minimum atomic E-state index is -0.338. The summed E-state index contributed by atoms with van der Waals surface area (Å²) in [4.78, 5) is 33.8. The van der Waals surface area contributed by atoms with Crippen LogP contribution in [0.4, 0.5) is 11.5 Å². The molecule has 0 unspecified atom stereocenters. The molecule has 31 heavy (non-hydrogen) atoms. The van der Waals surface area contributed by atoms with Gasteiger partial charge in [0, 0.05) is 32.9 Å². The first-order valence-corrected chi connectivity index (χ1v) is 10.9. The number of halogens is 1. The fraction of sp³-hybridized carbons (Fsp3) is 0.261. The average Bonchev–Trinajstić information content (AvgIpc) is 3.49. The van der Waals surface area contributed by atoms with E-state index in [0.717, 1.165) is 24.5 Å². The number of anilines is 2. The quantitative estimate of drug-likeness (QED) is 0.568. The summed E-state index contributed by atoms with van der Waals surface area (Å²) >= 11 is 3.20. The number of amides is 2. The lowest BCUT2D eigenvalue weighted by Crippen LogP contribution is -2.30. The highest BCUT2D eigenvalue weighted by atomic mass is 79.9. The maximum atomic E-state index is 12.9. The van der Waals surface area contributed by atoms with Crippen LogP contribution >= 0.6 is 15.9 Å². The van der Waals surface area contributed by atoms with Crippen LogP contribution in [0.1, 0.15) is 39.3 Å². The molecule has 1 aliphatic rings. The van der Waals surface area contributed by atoms with E-state index < -0.39 is 0 Å². The summed E-state index contributed by atoms with van der Waals surface area (Å²) in [6.07, 6.45) is 4.14. The fourth-order valence-electron chi connectivity index (χ4n) is 3.63. The van der Waals surface area contributed by atoms with Crippen LogP contribution < -0.4 is 15.1 Å². The van der Waals surface area contributed by atoms with Gasteiger partial charge >= 0.3 is 0 Å². The Balaban J connectivity index is 1.47. The van der Waals surface area contributed by atoms with Crippen molar-refractivity contribution in [3.63, 3.8) is 0 Å². The third kappa shape index (κ3) is 4.80. The third-order valence-electron chi connectivity index (χ3n) is 5.29. The summed E-state index contributed by atoms with van der Waals surface area (Å²) in [5.74, 6) is 0.543. The first-order valence-electron chi connectivity index (χ1n) is 10.1.